The van der Waals surface area contributed by atoms with Crippen molar-refractivity contribution in [3.63, 3.8) is 0 Å². The van der Waals surface area contributed by atoms with Gasteiger partial charge in [-0.1, -0.05) is 28.1 Å². The van der Waals surface area contributed by atoms with Crippen molar-refractivity contribution in [2.75, 3.05) is 0 Å². The highest BCUT2D eigenvalue weighted by Gasteiger charge is 2.19. The Morgan fingerprint density at radius 3 is 2.62 bits per heavy atom. The van der Waals surface area contributed by atoms with Gasteiger partial charge in [0.15, 0.2) is 5.78 Å². The topological polar surface area (TPSA) is 83.1 Å². The zero-order valence-electron chi connectivity index (χ0n) is 13.1. The predicted octanol–water partition coefficient (Wildman–Crippen LogP) is 3.55. The fourth-order valence-corrected chi connectivity index (χ4v) is 2.82. The van der Waals surface area contributed by atoms with E-state index in [1.165, 1.54) is 36.4 Å². The molecule has 7 heteroatoms. The van der Waals surface area contributed by atoms with Crippen molar-refractivity contribution in [2.24, 2.45) is 0 Å². The number of nitrogens with zero attached hydrogens (tertiary/aromatic N) is 2. The lowest BCUT2D eigenvalue weighted by atomic mass is 10.0. The van der Waals surface area contributed by atoms with Gasteiger partial charge in [0.1, 0.15) is 23.2 Å². The summed E-state index contributed by atoms with van der Waals surface area (Å²) in [4.78, 5) is 25.2. The molecule has 0 spiro atoms. The molecule has 0 aliphatic carbocycles. The molecule has 1 aromatic heterocycles. The fraction of sp³-hybridized carbons (Fsp3) is 0. The molecule has 2 aromatic carbocycles. The van der Waals surface area contributed by atoms with Crippen molar-refractivity contribution in [3.8, 4) is 17.5 Å². The van der Waals surface area contributed by atoms with Crippen molar-refractivity contribution in [1.29, 1.82) is 5.26 Å². The highest BCUT2D eigenvalue weighted by atomic mass is 79.9. The SMILES string of the molecule is N#Cc1cc(C(=O)c2cc(Br)ccc2O)cn(-c2ccccc2F)c1=O. The number of nitriles is 1. The number of halogens is 2. The first-order chi connectivity index (χ1) is 12.4. The fourth-order valence-electron chi connectivity index (χ4n) is 2.46. The van der Waals surface area contributed by atoms with Gasteiger partial charge in [0.05, 0.1) is 11.3 Å². The molecule has 0 atom stereocenters. The maximum atomic E-state index is 14.1. The second kappa shape index (κ2) is 6.94. The second-order valence-corrected chi connectivity index (χ2v) is 6.29. The number of phenols is 1. The molecular weight excluding hydrogens is 403 g/mol. The van der Waals surface area contributed by atoms with E-state index in [2.05, 4.69) is 15.9 Å². The summed E-state index contributed by atoms with van der Waals surface area (Å²) in [5, 5.41) is 19.2. The third-order valence-corrected chi connectivity index (χ3v) is 4.21. The number of aromatic nitrogens is 1. The van der Waals surface area contributed by atoms with E-state index in [-0.39, 0.29) is 28.1 Å². The molecule has 5 nitrogen and oxygen atoms in total. The normalized spacial score (nSPS) is 10.3. The van der Waals surface area contributed by atoms with Crippen LogP contribution in [0.3, 0.4) is 0 Å². The molecule has 1 N–H and O–H groups in total. The summed E-state index contributed by atoms with van der Waals surface area (Å²) >= 11 is 3.22. The van der Waals surface area contributed by atoms with Gasteiger partial charge in [-0.15, -0.1) is 0 Å². The molecule has 0 unspecified atom stereocenters. The quantitative estimate of drug-likeness (QED) is 0.666. The Morgan fingerprint density at radius 1 is 1.19 bits per heavy atom. The summed E-state index contributed by atoms with van der Waals surface area (Å²) in [5.74, 6) is -1.53. The van der Waals surface area contributed by atoms with E-state index in [4.69, 9.17) is 0 Å². The third-order valence-electron chi connectivity index (χ3n) is 3.72. The Hall–Kier alpha value is -3.24. The van der Waals surface area contributed by atoms with Crippen molar-refractivity contribution >= 4 is 21.7 Å². The summed E-state index contributed by atoms with van der Waals surface area (Å²) in [6.07, 6.45) is 1.16. The summed E-state index contributed by atoms with van der Waals surface area (Å²) in [7, 11) is 0. The van der Waals surface area contributed by atoms with E-state index < -0.39 is 17.2 Å². The molecule has 0 radical (unpaired) electrons. The lowest BCUT2D eigenvalue weighted by Gasteiger charge is -2.11. The summed E-state index contributed by atoms with van der Waals surface area (Å²) in [6, 6.07) is 12.7. The van der Waals surface area contributed by atoms with Crippen molar-refractivity contribution in [1.82, 2.24) is 4.57 Å². The van der Waals surface area contributed by atoms with Crippen LogP contribution in [0.5, 0.6) is 5.75 Å². The molecule has 0 fully saturated rings. The van der Waals surface area contributed by atoms with Gasteiger partial charge in [0.25, 0.3) is 5.56 Å². The number of ketones is 1. The van der Waals surface area contributed by atoms with Gasteiger partial charge in [0, 0.05) is 16.2 Å². The lowest BCUT2D eigenvalue weighted by molar-refractivity contribution is 0.103. The van der Waals surface area contributed by atoms with E-state index in [1.54, 1.807) is 12.1 Å². The number of carbonyl (C=O) groups excluding carboxylic acids is 1. The maximum Gasteiger partial charge on any atom is 0.273 e. The minimum atomic E-state index is -0.743. The lowest BCUT2D eigenvalue weighted by Crippen LogP contribution is -2.23. The average Bonchev–Trinajstić information content (AvgIpc) is 2.64. The molecule has 128 valence electrons. The van der Waals surface area contributed by atoms with Crippen molar-refractivity contribution < 1.29 is 14.3 Å². The second-order valence-electron chi connectivity index (χ2n) is 5.37. The van der Waals surface area contributed by atoms with Crippen LogP contribution in [0.4, 0.5) is 4.39 Å². The Balaban J connectivity index is 2.24. The maximum absolute atomic E-state index is 14.1. The number of pyridine rings is 1. The summed E-state index contributed by atoms with van der Waals surface area (Å²) in [6.45, 7) is 0. The molecule has 0 aliphatic rings. The number of carbonyl (C=O) groups is 1. The van der Waals surface area contributed by atoms with Gasteiger partial charge in [-0.2, -0.15) is 5.26 Å². The van der Waals surface area contributed by atoms with Gasteiger partial charge >= 0.3 is 0 Å². The molecule has 26 heavy (non-hydrogen) atoms. The first-order valence-electron chi connectivity index (χ1n) is 7.37. The van der Waals surface area contributed by atoms with E-state index in [9.17, 15) is 24.3 Å². The molecule has 0 aliphatic heterocycles. The monoisotopic (exact) mass is 412 g/mol. The highest BCUT2D eigenvalue weighted by molar-refractivity contribution is 9.10. The smallest absolute Gasteiger partial charge is 0.273 e. The van der Waals surface area contributed by atoms with Crippen LogP contribution in [0.25, 0.3) is 5.69 Å². The van der Waals surface area contributed by atoms with Crippen molar-refractivity contribution in [2.45, 2.75) is 0 Å². The van der Waals surface area contributed by atoms with Crippen LogP contribution in [0, 0.1) is 17.1 Å². The van der Waals surface area contributed by atoms with Crippen LogP contribution in [0.15, 0.2) is 64.0 Å². The molecule has 0 amide bonds. The molecule has 3 rings (SSSR count). The van der Waals surface area contributed by atoms with E-state index >= 15 is 0 Å². The number of hydrogen-bond donors (Lipinski definition) is 1. The molecule has 0 saturated heterocycles. The van der Waals surface area contributed by atoms with Crippen molar-refractivity contribution in [3.05, 3.63) is 92.1 Å². The minimum absolute atomic E-state index is 0.0120. The largest absolute Gasteiger partial charge is 0.507 e. The van der Waals surface area contributed by atoms with Crippen LogP contribution in [-0.2, 0) is 0 Å². The minimum Gasteiger partial charge on any atom is -0.507 e. The zero-order chi connectivity index (χ0) is 18.8. The van der Waals surface area contributed by atoms with Gasteiger partial charge < -0.3 is 5.11 Å². The molecule has 3 aromatic rings. The van der Waals surface area contributed by atoms with Crippen LogP contribution in [0.1, 0.15) is 21.5 Å². The summed E-state index contributed by atoms with van der Waals surface area (Å²) < 4.78 is 15.6. The molecule has 0 saturated carbocycles. The Bertz CT molecular complexity index is 1130. The number of aromatic hydroxyl groups is 1. The summed E-state index contributed by atoms with van der Waals surface area (Å²) in [5.41, 5.74) is -1.18. The average molecular weight is 413 g/mol. The van der Waals surface area contributed by atoms with Gasteiger partial charge in [-0.05, 0) is 36.4 Å². The van der Waals surface area contributed by atoms with E-state index in [0.29, 0.717) is 4.47 Å². The Morgan fingerprint density at radius 2 is 1.92 bits per heavy atom. The highest BCUT2D eigenvalue weighted by Crippen LogP contribution is 2.25. The first-order valence-corrected chi connectivity index (χ1v) is 8.16. The molecular formula is C19H10BrFN2O3. The Labute approximate surface area is 155 Å². The Kier molecular flexibility index (Phi) is 4.69. The van der Waals surface area contributed by atoms with Crippen LogP contribution < -0.4 is 5.56 Å². The number of benzene rings is 2. The van der Waals surface area contributed by atoms with Gasteiger partial charge in [-0.3, -0.25) is 14.2 Å². The van der Waals surface area contributed by atoms with Gasteiger partial charge in [-0.25, -0.2) is 4.39 Å². The van der Waals surface area contributed by atoms with Crippen LogP contribution >= 0.6 is 15.9 Å². The van der Waals surface area contributed by atoms with Crippen LogP contribution in [-0.4, -0.2) is 15.5 Å². The van der Waals surface area contributed by atoms with E-state index in [1.807, 2.05) is 0 Å². The predicted molar refractivity (Wildman–Crippen MR) is 96.0 cm³/mol. The van der Waals surface area contributed by atoms with E-state index in [0.717, 1.165) is 16.8 Å². The van der Waals surface area contributed by atoms with Gasteiger partial charge in [0.2, 0.25) is 0 Å². The number of para-hydroxylation sites is 1. The standard InChI is InChI=1S/C19H10BrFN2O3/c20-13-5-6-17(24)14(8-13)18(25)12-7-11(9-22)19(26)23(10-12)16-4-2-1-3-15(16)21/h1-8,10,24H. The number of hydrogen-bond acceptors (Lipinski definition) is 4. The zero-order valence-corrected chi connectivity index (χ0v) is 14.7. The molecule has 1 heterocycles. The number of phenolic OH excluding ortho intramolecular Hbond substituents is 1. The number of rotatable bonds is 3. The van der Waals surface area contributed by atoms with Crippen LogP contribution in [0.2, 0.25) is 0 Å². The first kappa shape index (κ1) is 17.6. The third kappa shape index (κ3) is 3.15. The molecule has 0 bridgehead atoms.